The van der Waals surface area contributed by atoms with Gasteiger partial charge in [-0.15, -0.1) is 0 Å². The number of nitrogens with zero attached hydrogens (tertiary/aromatic N) is 1. The Labute approximate surface area is 208 Å². The van der Waals surface area contributed by atoms with Crippen LogP contribution in [0, 0.1) is 0 Å². The third kappa shape index (κ3) is 7.47. The number of H-pyrrole nitrogens is 1. The zero-order valence-corrected chi connectivity index (χ0v) is 21.2. The molecule has 0 radical (unpaired) electrons. The second kappa shape index (κ2) is 11.6. The number of alkyl carbamates (subject to hydrolysis) is 1. The molecule has 0 bridgehead atoms. The Hall–Kier alpha value is -3.03. The Kier molecular flexibility index (Phi) is 8.31. The lowest BCUT2D eigenvalue weighted by atomic mass is 10.0. The first-order valence-corrected chi connectivity index (χ1v) is 12.7. The van der Waals surface area contributed by atoms with Gasteiger partial charge in [-0.1, -0.05) is 30.3 Å². The van der Waals surface area contributed by atoms with E-state index in [9.17, 15) is 4.79 Å². The quantitative estimate of drug-likeness (QED) is 0.341. The summed E-state index contributed by atoms with van der Waals surface area (Å²) in [5, 5.41) is 11.0. The molecule has 1 amide bonds. The van der Waals surface area contributed by atoms with Gasteiger partial charge < -0.3 is 30.6 Å². The minimum Gasteiger partial charge on any atom is -0.444 e. The number of aromatic amines is 1. The summed E-state index contributed by atoms with van der Waals surface area (Å²) in [6.45, 7) is 10.8. The molecular weight excluding hydrogens is 438 g/mol. The number of benzene rings is 2. The topological polar surface area (TPSA) is 81.4 Å². The maximum atomic E-state index is 11.6. The van der Waals surface area contributed by atoms with Crippen LogP contribution in [0.5, 0.6) is 0 Å². The van der Waals surface area contributed by atoms with Gasteiger partial charge in [-0.05, 0) is 63.4 Å². The molecule has 0 spiro atoms. The normalized spacial score (nSPS) is 14.9. The van der Waals surface area contributed by atoms with E-state index >= 15 is 0 Å². The molecule has 1 aromatic heterocycles. The van der Waals surface area contributed by atoms with Gasteiger partial charge in [0.15, 0.2) is 0 Å². The SMILES string of the molecule is CC(C)(C)OC(=O)NCCNCCNC1CCN(c2cccc(-c3cc4ccccc4[nH]3)c2)CC1. The van der Waals surface area contributed by atoms with Gasteiger partial charge in [-0.25, -0.2) is 4.79 Å². The van der Waals surface area contributed by atoms with Crippen LogP contribution in [0.4, 0.5) is 10.5 Å². The summed E-state index contributed by atoms with van der Waals surface area (Å²) in [7, 11) is 0. The zero-order valence-electron chi connectivity index (χ0n) is 21.2. The van der Waals surface area contributed by atoms with E-state index in [0.29, 0.717) is 12.6 Å². The predicted molar refractivity (Wildman–Crippen MR) is 144 cm³/mol. The van der Waals surface area contributed by atoms with E-state index in [1.165, 1.54) is 27.8 Å². The van der Waals surface area contributed by atoms with Gasteiger partial charge in [-0.2, -0.15) is 0 Å². The van der Waals surface area contributed by atoms with E-state index < -0.39 is 5.60 Å². The van der Waals surface area contributed by atoms with Crippen LogP contribution in [0.2, 0.25) is 0 Å². The number of nitrogens with one attached hydrogen (secondary N) is 4. The van der Waals surface area contributed by atoms with Crippen molar-refractivity contribution in [2.24, 2.45) is 0 Å². The van der Waals surface area contributed by atoms with Gasteiger partial charge in [0, 0.05) is 67.6 Å². The Morgan fingerprint density at radius 1 is 1.00 bits per heavy atom. The Morgan fingerprint density at radius 2 is 1.77 bits per heavy atom. The molecule has 4 rings (SSSR count). The average Bonchev–Trinajstić information content (AvgIpc) is 3.27. The molecule has 35 heavy (non-hydrogen) atoms. The van der Waals surface area contributed by atoms with E-state index in [1.807, 2.05) is 20.8 Å². The number of piperidine rings is 1. The molecule has 2 aromatic carbocycles. The lowest BCUT2D eigenvalue weighted by Crippen LogP contribution is -2.44. The first-order valence-electron chi connectivity index (χ1n) is 12.7. The first kappa shape index (κ1) is 25.1. The fraction of sp³-hybridized carbons (Fsp3) is 0.464. The van der Waals surface area contributed by atoms with E-state index in [1.54, 1.807) is 0 Å². The lowest BCUT2D eigenvalue weighted by Gasteiger charge is -2.34. The van der Waals surface area contributed by atoms with Crippen LogP contribution in [0.1, 0.15) is 33.6 Å². The summed E-state index contributed by atoms with van der Waals surface area (Å²) in [5.74, 6) is 0. The van der Waals surface area contributed by atoms with Gasteiger partial charge in [0.05, 0.1) is 0 Å². The fourth-order valence-electron chi connectivity index (χ4n) is 4.50. The van der Waals surface area contributed by atoms with Crippen molar-refractivity contribution < 1.29 is 9.53 Å². The van der Waals surface area contributed by atoms with Crippen molar-refractivity contribution >= 4 is 22.7 Å². The third-order valence-corrected chi connectivity index (χ3v) is 6.25. The van der Waals surface area contributed by atoms with Crippen LogP contribution in [-0.2, 0) is 4.74 Å². The number of rotatable bonds is 9. The minimum atomic E-state index is -0.461. The molecule has 7 nitrogen and oxygen atoms in total. The fourth-order valence-corrected chi connectivity index (χ4v) is 4.50. The van der Waals surface area contributed by atoms with Gasteiger partial charge in [0.25, 0.3) is 0 Å². The minimum absolute atomic E-state index is 0.365. The Bertz CT molecular complexity index is 1060. The molecule has 0 unspecified atom stereocenters. The predicted octanol–water partition coefficient (Wildman–Crippen LogP) is 4.51. The Morgan fingerprint density at radius 3 is 2.54 bits per heavy atom. The first-order chi connectivity index (χ1) is 16.9. The monoisotopic (exact) mass is 477 g/mol. The van der Waals surface area contributed by atoms with Crippen LogP contribution >= 0.6 is 0 Å². The molecule has 7 heteroatoms. The summed E-state index contributed by atoms with van der Waals surface area (Å²) in [6.07, 6.45) is 1.91. The van der Waals surface area contributed by atoms with Crippen molar-refractivity contribution in [1.29, 1.82) is 0 Å². The van der Waals surface area contributed by atoms with Crippen molar-refractivity contribution in [1.82, 2.24) is 20.9 Å². The number of anilines is 1. The van der Waals surface area contributed by atoms with Crippen LogP contribution in [-0.4, -0.2) is 62.0 Å². The van der Waals surface area contributed by atoms with Crippen LogP contribution in [0.3, 0.4) is 0 Å². The van der Waals surface area contributed by atoms with Crippen molar-refractivity contribution in [3.05, 3.63) is 54.6 Å². The summed E-state index contributed by atoms with van der Waals surface area (Å²) in [5.41, 5.74) is 4.40. The number of ether oxygens (including phenoxy) is 1. The summed E-state index contributed by atoms with van der Waals surface area (Å²) in [6, 6.07) is 20.0. The molecule has 0 aliphatic carbocycles. The highest BCUT2D eigenvalue weighted by molar-refractivity contribution is 5.86. The molecule has 0 atom stereocenters. The molecule has 1 aliphatic rings. The molecule has 1 saturated heterocycles. The summed E-state index contributed by atoms with van der Waals surface area (Å²) in [4.78, 5) is 17.7. The van der Waals surface area contributed by atoms with Crippen molar-refractivity contribution in [2.75, 3.05) is 44.2 Å². The third-order valence-electron chi connectivity index (χ3n) is 6.25. The number of carbonyl (C=O) groups is 1. The van der Waals surface area contributed by atoms with E-state index in [4.69, 9.17) is 4.74 Å². The van der Waals surface area contributed by atoms with Gasteiger partial charge in [0.2, 0.25) is 0 Å². The van der Waals surface area contributed by atoms with Crippen molar-refractivity contribution in [2.45, 2.75) is 45.3 Å². The second-order valence-corrected chi connectivity index (χ2v) is 10.2. The molecule has 4 N–H and O–H groups in total. The van der Waals surface area contributed by atoms with Crippen LogP contribution in [0.15, 0.2) is 54.6 Å². The molecule has 1 fully saturated rings. The molecular formula is C28H39N5O2. The molecule has 0 saturated carbocycles. The zero-order chi connectivity index (χ0) is 24.7. The van der Waals surface area contributed by atoms with E-state index in [0.717, 1.165) is 45.6 Å². The van der Waals surface area contributed by atoms with Crippen molar-refractivity contribution in [3.63, 3.8) is 0 Å². The standard InChI is InChI=1S/C28H39N5O2/c1-28(2,3)35-27(34)31-16-14-29-13-15-30-23-11-17-33(18-12-23)24-9-6-8-21(19-24)26-20-22-7-4-5-10-25(22)32-26/h4-10,19-20,23,29-30,32H,11-18H2,1-3H3,(H,31,34). The second-order valence-electron chi connectivity index (χ2n) is 10.2. The van der Waals surface area contributed by atoms with Gasteiger partial charge in [0.1, 0.15) is 5.60 Å². The molecule has 188 valence electrons. The average molecular weight is 478 g/mol. The van der Waals surface area contributed by atoms with E-state index in [2.05, 4.69) is 80.4 Å². The van der Waals surface area contributed by atoms with Crippen molar-refractivity contribution in [3.8, 4) is 11.3 Å². The molecule has 2 heterocycles. The molecule has 3 aromatic rings. The maximum Gasteiger partial charge on any atom is 0.407 e. The number of carbonyl (C=O) groups excluding carboxylic acids is 1. The van der Waals surface area contributed by atoms with Gasteiger partial charge in [-0.3, -0.25) is 0 Å². The van der Waals surface area contributed by atoms with E-state index in [-0.39, 0.29) is 6.09 Å². The highest BCUT2D eigenvalue weighted by Gasteiger charge is 2.19. The lowest BCUT2D eigenvalue weighted by molar-refractivity contribution is 0.0528. The number of hydrogen-bond donors (Lipinski definition) is 4. The number of hydrogen-bond acceptors (Lipinski definition) is 5. The highest BCUT2D eigenvalue weighted by atomic mass is 16.6. The van der Waals surface area contributed by atoms with Crippen LogP contribution < -0.4 is 20.9 Å². The highest BCUT2D eigenvalue weighted by Crippen LogP contribution is 2.28. The number of aromatic nitrogens is 1. The maximum absolute atomic E-state index is 11.6. The number of fused-ring (bicyclic) bond motifs is 1. The Balaban J connectivity index is 1.15. The summed E-state index contributed by atoms with van der Waals surface area (Å²) >= 11 is 0. The summed E-state index contributed by atoms with van der Waals surface area (Å²) < 4.78 is 5.23. The number of para-hydroxylation sites is 1. The van der Waals surface area contributed by atoms with Gasteiger partial charge >= 0.3 is 6.09 Å². The largest absolute Gasteiger partial charge is 0.444 e. The number of amides is 1. The smallest absolute Gasteiger partial charge is 0.407 e. The van der Waals surface area contributed by atoms with Crippen LogP contribution in [0.25, 0.3) is 22.2 Å². The molecule has 1 aliphatic heterocycles.